The lowest BCUT2D eigenvalue weighted by Gasteiger charge is -2.22. The zero-order chi connectivity index (χ0) is 18.2. The molecule has 0 N–H and O–H groups in total. The van der Waals surface area contributed by atoms with E-state index in [1.165, 1.54) is 64.2 Å². The number of hydrogen-bond acceptors (Lipinski definition) is 3. The summed E-state index contributed by atoms with van der Waals surface area (Å²) < 4.78 is 12.0. The lowest BCUT2D eigenvalue weighted by atomic mass is 10.1. The zero-order valence-electron chi connectivity index (χ0n) is 16.8. The molecule has 0 saturated carbocycles. The molecule has 0 spiro atoms. The number of hydrogen-bond donors (Lipinski definition) is 0. The van der Waals surface area contributed by atoms with E-state index in [0.29, 0.717) is 6.61 Å². The molecule has 0 bridgehead atoms. The number of unbranched alkanes of at least 4 members (excludes halogenated alkanes) is 10. The van der Waals surface area contributed by atoms with Crippen molar-refractivity contribution in [3.05, 3.63) is 30.1 Å². The van der Waals surface area contributed by atoms with Crippen molar-refractivity contribution >= 4 is 8.56 Å². The van der Waals surface area contributed by atoms with E-state index in [-0.39, 0.29) is 0 Å². The van der Waals surface area contributed by atoms with Crippen LogP contribution in [0.15, 0.2) is 24.5 Å². The second-order valence-electron chi connectivity index (χ2n) is 7.43. The van der Waals surface area contributed by atoms with Gasteiger partial charge in [0.05, 0.1) is 6.61 Å². The molecule has 25 heavy (non-hydrogen) atoms. The first kappa shape index (κ1) is 22.3. The van der Waals surface area contributed by atoms with E-state index in [1.807, 2.05) is 18.3 Å². The second-order valence-corrected chi connectivity index (χ2v) is 10.8. The number of pyridine rings is 1. The van der Waals surface area contributed by atoms with Crippen LogP contribution >= 0.6 is 0 Å². The minimum absolute atomic E-state index is 0.602. The SMILES string of the molecule is CCCCCCCCCCCCCO[Si](C)(C)OCc1cccnc1. The highest BCUT2D eigenvalue weighted by molar-refractivity contribution is 6.64. The first-order valence-electron chi connectivity index (χ1n) is 10.3. The van der Waals surface area contributed by atoms with Gasteiger partial charge in [-0.2, -0.15) is 0 Å². The summed E-state index contributed by atoms with van der Waals surface area (Å²) in [6.45, 7) is 7.97. The first-order chi connectivity index (χ1) is 12.1. The average molecular weight is 366 g/mol. The average Bonchev–Trinajstić information content (AvgIpc) is 2.62. The summed E-state index contributed by atoms with van der Waals surface area (Å²) in [5.74, 6) is 0. The van der Waals surface area contributed by atoms with E-state index in [9.17, 15) is 0 Å². The fourth-order valence-electron chi connectivity index (χ4n) is 2.87. The van der Waals surface area contributed by atoms with E-state index in [1.54, 1.807) is 6.20 Å². The Kier molecular flexibility index (Phi) is 12.9. The van der Waals surface area contributed by atoms with Crippen LogP contribution in [0.3, 0.4) is 0 Å². The molecule has 0 fully saturated rings. The lowest BCUT2D eigenvalue weighted by molar-refractivity contribution is 0.168. The maximum absolute atomic E-state index is 6.03. The van der Waals surface area contributed by atoms with Gasteiger partial charge in [0, 0.05) is 19.0 Å². The summed E-state index contributed by atoms with van der Waals surface area (Å²) in [7, 11) is -2.01. The van der Waals surface area contributed by atoms with Gasteiger partial charge in [0.1, 0.15) is 0 Å². The van der Waals surface area contributed by atoms with Crippen LogP contribution in [-0.2, 0) is 15.5 Å². The molecule has 3 nitrogen and oxygen atoms in total. The molecule has 1 heterocycles. The Morgan fingerprint density at radius 1 is 0.840 bits per heavy atom. The molecular formula is C21H39NO2Si. The van der Waals surface area contributed by atoms with Crippen molar-refractivity contribution in [2.75, 3.05) is 6.61 Å². The van der Waals surface area contributed by atoms with Gasteiger partial charge in [0.15, 0.2) is 0 Å². The van der Waals surface area contributed by atoms with Crippen molar-refractivity contribution < 1.29 is 8.85 Å². The van der Waals surface area contributed by atoms with Crippen molar-refractivity contribution in [3.63, 3.8) is 0 Å². The quantitative estimate of drug-likeness (QED) is 0.243. The van der Waals surface area contributed by atoms with Gasteiger partial charge < -0.3 is 8.85 Å². The van der Waals surface area contributed by atoms with Gasteiger partial charge in [-0.25, -0.2) is 0 Å². The van der Waals surface area contributed by atoms with E-state index >= 15 is 0 Å². The maximum Gasteiger partial charge on any atom is 0.332 e. The van der Waals surface area contributed by atoms with Crippen molar-refractivity contribution in [2.24, 2.45) is 0 Å². The maximum atomic E-state index is 6.03. The van der Waals surface area contributed by atoms with Crippen LogP contribution in [0.1, 0.15) is 83.1 Å². The van der Waals surface area contributed by atoms with Gasteiger partial charge >= 0.3 is 8.56 Å². The summed E-state index contributed by atoms with van der Waals surface area (Å²) in [6.07, 6.45) is 18.7. The van der Waals surface area contributed by atoms with Crippen LogP contribution in [0, 0.1) is 0 Å². The number of aromatic nitrogens is 1. The largest absolute Gasteiger partial charge is 0.395 e. The normalized spacial score (nSPS) is 11.8. The molecule has 4 heteroatoms. The topological polar surface area (TPSA) is 31.4 Å². The molecule has 0 amide bonds. The zero-order valence-corrected chi connectivity index (χ0v) is 17.8. The molecule has 1 aromatic heterocycles. The number of nitrogens with zero attached hydrogens (tertiary/aromatic N) is 1. The molecule has 1 aromatic rings. The predicted molar refractivity (Wildman–Crippen MR) is 109 cm³/mol. The Balaban J connectivity index is 1.91. The minimum atomic E-state index is -2.01. The van der Waals surface area contributed by atoms with Gasteiger partial charge in [-0.05, 0) is 31.1 Å². The predicted octanol–water partition coefficient (Wildman–Crippen LogP) is 6.63. The van der Waals surface area contributed by atoms with Gasteiger partial charge in [-0.3, -0.25) is 4.98 Å². The van der Waals surface area contributed by atoms with Crippen LogP contribution in [-0.4, -0.2) is 20.2 Å². The fourth-order valence-corrected chi connectivity index (χ4v) is 4.10. The smallest absolute Gasteiger partial charge is 0.332 e. The van der Waals surface area contributed by atoms with E-state index in [2.05, 4.69) is 25.0 Å². The van der Waals surface area contributed by atoms with Crippen LogP contribution in [0.2, 0.25) is 13.1 Å². The van der Waals surface area contributed by atoms with Gasteiger partial charge in [-0.15, -0.1) is 0 Å². The van der Waals surface area contributed by atoms with Gasteiger partial charge in [-0.1, -0.05) is 77.2 Å². The summed E-state index contributed by atoms with van der Waals surface area (Å²) in [5, 5.41) is 0. The molecule has 0 unspecified atom stereocenters. The Morgan fingerprint density at radius 2 is 1.44 bits per heavy atom. The summed E-state index contributed by atoms with van der Waals surface area (Å²) >= 11 is 0. The monoisotopic (exact) mass is 365 g/mol. The Hall–Kier alpha value is -0.713. The summed E-state index contributed by atoms with van der Waals surface area (Å²) in [6, 6.07) is 3.99. The van der Waals surface area contributed by atoms with Crippen molar-refractivity contribution in [1.82, 2.24) is 4.98 Å². The standard InChI is InChI=1S/C21H39NO2Si/c1-4-5-6-7-8-9-10-11-12-13-14-18-23-25(2,3)24-20-21-16-15-17-22-19-21/h15-17,19H,4-14,18,20H2,1-3H3. The van der Waals surface area contributed by atoms with Crippen LogP contribution in [0.4, 0.5) is 0 Å². The third-order valence-corrected chi connectivity index (χ3v) is 6.25. The van der Waals surface area contributed by atoms with Crippen molar-refractivity contribution in [1.29, 1.82) is 0 Å². The summed E-state index contributed by atoms with van der Waals surface area (Å²) in [5.41, 5.74) is 1.11. The molecular weight excluding hydrogens is 326 g/mol. The van der Waals surface area contributed by atoms with Gasteiger partial charge in [0.25, 0.3) is 0 Å². The molecule has 0 atom stereocenters. The van der Waals surface area contributed by atoms with Crippen LogP contribution < -0.4 is 0 Å². The Bertz CT molecular complexity index is 412. The highest BCUT2D eigenvalue weighted by Gasteiger charge is 2.24. The highest BCUT2D eigenvalue weighted by Crippen LogP contribution is 2.14. The lowest BCUT2D eigenvalue weighted by Crippen LogP contribution is -2.35. The number of rotatable bonds is 16. The third-order valence-electron chi connectivity index (χ3n) is 4.51. The highest BCUT2D eigenvalue weighted by atomic mass is 28.4. The van der Waals surface area contributed by atoms with Crippen molar-refractivity contribution in [3.8, 4) is 0 Å². The first-order valence-corrected chi connectivity index (χ1v) is 13.1. The van der Waals surface area contributed by atoms with E-state index in [0.717, 1.165) is 18.6 Å². The molecule has 0 aromatic carbocycles. The molecule has 1 rings (SSSR count). The Labute approximate surface area is 156 Å². The molecule has 0 saturated heterocycles. The molecule has 0 aliphatic rings. The molecule has 144 valence electrons. The third kappa shape index (κ3) is 13.2. The van der Waals surface area contributed by atoms with Crippen molar-refractivity contribution in [2.45, 2.75) is 97.3 Å². The fraction of sp³-hybridized carbons (Fsp3) is 0.762. The second kappa shape index (κ2) is 14.5. The van der Waals surface area contributed by atoms with Crippen LogP contribution in [0.25, 0.3) is 0 Å². The minimum Gasteiger partial charge on any atom is -0.395 e. The molecule has 0 aliphatic carbocycles. The summed E-state index contributed by atoms with van der Waals surface area (Å²) in [4.78, 5) is 4.12. The van der Waals surface area contributed by atoms with E-state index < -0.39 is 8.56 Å². The van der Waals surface area contributed by atoms with E-state index in [4.69, 9.17) is 8.85 Å². The van der Waals surface area contributed by atoms with Gasteiger partial charge in [0.2, 0.25) is 0 Å². The Morgan fingerprint density at radius 3 is 2.00 bits per heavy atom. The van der Waals surface area contributed by atoms with Crippen LogP contribution in [0.5, 0.6) is 0 Å². The molecule has 0 radical (unpaired) electrons. The molecule has 0 aliphatic heterocycles.